The van der Waals surface area contributed by atoms with Crippen LogP contribution in [0.1, 0.15) is 56.6 Å². The third-order valence-electron chi connectivity index (χ3n) is 5.37. The number of fused-ring (bicyclic) bond motifs is 2. The molecule has 1 aromatic carbocycles. The third-order valence-corrected chi connectivity index (χ3v) is 6.58. The molecule has 3 aromatic rings. The third kappa shape index (κ3) is 4.16. The summed E-state index contributed by atoms with van der Waals surface area (Å²) in [4.78, 5) is 43.1. The molecule has 31 heavy (non-hydrogen) atoms. The van der Waals surface area contributed by atoms with E-state index in [1.807, 2.05) is 18.2 Å². The fraction of sp³-hybridized carbons (Fsp3) is 0.304. The fourth-order valence-electron chi connectivity index (χ4n) is 3.88. The first-order valence-corrected chi connectivity index (χ1v) is 11.0. The maximum atomic E-state index is 12.8. The van der Waals surface area contributed by atoms with Gasteiger partial charge in [-0.1, -0.05) is 18.2 Å². The first-order valence-electron chi connectivity index (χ1n) is 10.2. The Morgan fingerprint density at radius 2 is 1.94 bits per heavy atom. The van der Waals surface area contributed by atoms with Crippen molar-refractivity contribution < 1.29 is 19.1 Å². The van der Waals surface area contributed by atoms with Gasteiger partial charge in [0.15, 0.2) is 6.10 Å². The van der Waals surface area contributed by atoms with Crippen LogP contribution in [0, 0.1) is 6.92 Å². The SMILES string of the molecule is Cc1cc(C(=O)O[C@H](C)C(=O)Nc2sc3c(c2C(N)=O)CCCC3)c2ccccc2n1. The van der Waals surface area contributed by atoms with Crippen LogP contribution in [0.5, 0.6) is 0 Å². The summed E-state index contributed by atoms with van der Waals surface area (Å²) in [6.45, 7) is 3.30. The summed E-state index contributed by atoms with van der Waals surface area (Å²) < 4.78 is 5.45. The van der Waals surface area contributed by atoms with E-state index in [4.69, 9.17) is 10.5 Å². The molecule has 0 saturated heterocycles. The highest BCUT2D eigenvalue weighted by atomic mass is 32.1. The molecule has 7 nitrogen and oxygen atoms in total. The van der Waals surface area contributed by atoms with Gasteiger partial charge in [0.2, 0.25) is 0 Å². The van der Waals surface area contributed by atoms with Gasteiger partial charge in [0.25, 0.3) is 11.8 Å². The van der Waals surface area contributed by atoms with Crippen LogP contribution in [0.15, 0.2) is 30.3 Å². The second-order valence-electron chi connectivity index (χ2n) is 7.64. The first kappa shape index (κ1) is 21.0. The van der Waals surface area contributed by atoms with Crippen molar-refractivity contribution in [2.24, 2.45) is 5.73 Å². The maximum Gasteiger partial charge on any atom is 0.339 e. The number of nitrogens with zero attached hydrogens (tertiary/aromatic N) is 1. The second-order valence-corrected chi connectivity index (χ2v) is 8.75. The van der Waals surface area contributed by atoms with Crippen molar-refractivity contribution >= 4 is 45.0 Å². The van der Waals surface area contributed by atoms with Gasteiger partial charge >= 0.3 is 5.97 Å². The number of rotatable bonds is 5. The summed E-state index contributed by atoms with van der Waals surface area (Å²) in [5.41, 5.74) is 8.61. The largest absolute Gasteiger partial charge is 0.449 e. The monoisotopic (exact) mass is 437 g/mol. The number of esters is 1. The molecule has 1 aliphatic carbocycles. The van der Waals surface area contributed by atoms with E-state index in [1.54, 1.807) is 19.1 Å². The van der Waals surface area contributed by atoms with Crippen LogP contribution in [0.4, 0.5) is 5.00 Å². The van der Waals surface area contributed by atoms with Crippen LogP contribution in [0.3, 0.4) is 0 Å². The molecule has 8 heteroatoms. The molecule has 2 heterocycles. The zero-order chi connectivity index (χ0) is 22.1. The van der Waals surface area contributed by atoms with Gasteiger partial charge < -0.3 is 15.8 Å². The van der Waals surface area contributed by atoms with E-state index in [2.05, 4.69) is 10.3 Å². The molecule has 0 saturated carbocycles. The molecule has 0 fully saturated rings. The Kier molecular flexibility index (Phi) is 5.73. The Hall–Kier alpha value is -3.26. The first-order chi connectivity index (χ1) is 14.8. The van der Waals surface area contributed by atoms with Gasteiger partial charge in [-0.15, -0.1) is 11.3 Å². The summed E-state index contributed by atoms with van der Waals surface area (Å²) in [6.07, 6.45) is 2.63. The van der Waals surface area contributed by atoms with Gasteiger partial charge in [-0.05, 0) is 57.2 Å². The van der Waals surface area contributed by atoms with Crippen molar-refractivity contribution in [2.45, 2.75) is 45.6 Å². The van der Waals surface area contributed by atoms with Gasteiger partial charge in [0.05, 0.1) is 16.6 Å². The lowest BCUT2D eigenvalue weighted by Gasteiger charge is -2.15. The molecule has 0 spiro atoms. The summed E-state index contributed by atoms with van der Waals surface area (Å²) >= 11 is 1.37. The minimum absolute atomic E-state index is 0.354. The van der Waals surface area contributed by atoms with E-state index in [9.17, 15) is 14.4 Å². The van der Waals surface area contributed by atoms with Crippen molar-refractivity contribution in [1.82, 2.24) is 4.98 Å². The van der Waals surface area contributed by atoms with Crippen LogP contribution < -0.4 is 11.1 Å². The smallest absolute Gasteiger partial charge is 0.339 e. The Morgan fingerprint density at radius 1 is 1.19 bits per heavy atom. The van der Waals surface area contributed by atoms with Crippen LogP contribution in [0.25, 0.3) is 10.9 Å². The zero-order valence-corrected chi connectivity index (χ0v) is 18.2. The van der Waals surface area contributed by atoms with Crippen molar-refractivity contribution in [3.8, 4) is 0 Å². The number of hydrogen-bond donors (Lipinski definition) is 2. The number of para-hydroxylation sites is 1. The number of anilines is 1. The Balaban J connectivity index is 1.53. The number of nitrogens with two attached hydrogens (primary N) is 1. The number of aryl methyl sites for hydroxylation is 2. The standard InChI is InChI=1S/C23H23N3O4S/c1-12-11-16(14-7-3-5-9-17(14)25-12)23(29)30-13(2)21(28)26-22-19(20(24)27)15-8-4-6-10-18(15)31-22/h3,5,7,9,11,13H,4,6,8,10H2,1-2H3,(H2,24,27)(H,26,28)/t13-/m1/s1. The molecular formula is C23H23N3O4S. The molecule has 4 rings (SSSR count). The van der Waals surface area contributed by atoms with Crippen molar-refractivity contribution in [2.75, 3.05) is 5.32 Å². The molecule has 0 unspecified atom stereocenters. The van der Waals surface area contributed by atoms with Crippen molar-refractivity contribution in [1.29, 1.82) is 0 Å². The van der Waals surface area contributed by atoms with Crippen molar-refractivity contribution in [3.05, 3.63) is 57.6 Å². The summed E-state index contributed by atoms with van der Waals surface area (Å²) in [5, 5.41) is 3.83. The average Bonchev–Trinajstić information content (AvgIpc) is 3.10. The van der Waals surface area contributed by atoms with Crippen molar-refractivity contribution in [3.63, 3.8) is 0 Å². The summed E-state index contributed by atoms with van der Waals surface area (Å²) in [5.74, 6) is -1.67. The normalized spacial score (nSPS) is 14.0. The lowest BCUT2D eigenvalue weighted by Crippen LogP contribution is -2.30. The van der Waals surface area contributed by atoms with Crippen LogP contribution in [-0.4, -0.2) is 28.9 Å². The predicted octanol–water partition coefficient (Wildman–Crippen LogP) is 3.77. The molecule has 2 aromatic heterocycles. The van der Waals surface area contributed by atoms with Crippen LogP contribution >= 0.6 is 11.3 Å². The second kappa shape index (κ2) is 8.47. The molecule has 1 atom stereocenters. The summed E-state index contributed by atoms with van der Waals surface area (Å²) in [7, 11) is 0. The van der Waals surface area contributed by atoms with E-state index in [1.165, 1.54) is 18.3 Å². The highest BCUT2D eigenvalue weighted by Gasteiger charge is 2.27. The quantitative estimate of drug-likeness (QED) is 0.590. The molecule has 3 N–H and O–H groups in total. The fourth-order valence-corrected chi connectivity index (χ4v) is 5.18. The molecule has 2 amide bonds. The van der Waals surface area contributed by atoms with E-state index in [-0.39, 0.29) is 0 Å². The van der Waals surface area contributed by atoms with Gasteiger partial charge in [-0.3, -0.25) is 14.6 Å². The molecule has 0 bridgehead atoms. The summed E-state index contributed by atoms with van der Waals surface area (Å²) in [6, 6.07) is 8.92. The Bertz CT molecular complexity index is 1200. The minimum atomic E-state index is -1.06. The number of carbonyl (C=O) groups is 3. The number of ether oxygens (including phenoxy) is 1. The number of hydrogen-bond acceptors (Lipinski definition) is 6. The Labute approximate surface area is 183 Å². The van der Waals surface area contributed by atoms with E-state index >= 15 is 0 Å². The highest BCUT2D eigenvalue weighted by Crippen LogP contribution is 2.38. The van der Waals surface area contributed by atoms with Crippen LogP contribution in [-0.2, 0) is 22.4 Å². The van der Waals surface area contributed by atoms with Gasteiger partial charge in [0, 0.05) is 16.0 Å². The minimum Gasteiger partial charge on any atom is -0.449 e. The number of amides is 2. The molecule has 0 aliphatic heterocycles. The Morgan fingerprint density at radius 3 is 2.71 bits per heavy atom. The lowest BCUT2D eigenvalue weighted by molar-refractivity contribution is -0.123. The van der Waals surface area contributed by atoms with Gasteiger partial charge in [0.1, 0.15) is 5.00 Å². The number of primary amides is 1. The van der Waals surface area contributed by atoms with Gasteiger partial charge in [-0.25, -0.2) is 4.79 Å². The average molecular weight is 438 g/mol. The number of nitrogens with one attached hydrogen (secondary N) is 1. The number of aromatic nitrogens is 1. The van der Waals surface area contributed by atoms with E-state index in [0.717, 1.165) is 36.1 Å². The number of benzene rings is 1. The topological polar surface area (TPSA) is 111 Å². The number of thiophene rings is 1. The highest BCUT2D eigenvalue weighted by molar-refractivity contribution is 7.17. The van der Waals surface area contributed by atoms with Crippen LogP contribution in [0.2, 0.25) is 0 Å². The number of pyridine rings is 1. The predicted molar refractivity (Wildman–Crippen MR) is 119 cm³/mol. The van der Waals surface area contributed by atoms with E-state index < -0.39 is 23.9 Å². The maximum absolute atomic E-state index is 12.8. The zero-order valence-electron chi connectivity index (χ0n) is 17.4. The number of carbonyl (C=O) groups excluding carboxylic acids is 3. The molecular weight excluding hydrogens is 414 g/mol. The molecule has 1 aliphatic rings. The molecule has 0 radical (unpaired) electrons. The lowest BCUT2D eigenvalue weighted by atomic mass is 9.95. The molecule has 160 valence electrons. The van der Waals surface area contributed by atoms with E-state index in [0.29, 0.717) is 32.7 Å². The van der Waals surface area contributed by atoms with Gasteiger partial charge in [-0.2, -0.15) is 0 Å².